The van der Waals surface area contributed by atoms with E-state index in [1.807, 2.05) is 30.3 Å². The summed E-state index contributed by atoms with van der Waals surface area (Å²) in [7, 11) is 0. The number of carboxylic acid groups (broad SMARTS) is 1. The molecule has 0 aliphatic carbocycles. The number of hydrogen-bond acceptors (Lipinski definition) is 3. The highest BCUT2D eigenvalue weighted by Crippen LogP contribution is 2.19. The Bertz CT molecular complexity index is 749. The monoisotopic (exact) mass is 296 g/mol. The number of rotatable bonds is 3. The molecule has 1 saturated heterocycles. The number of benzene rings is 1. The summed E-state index contributed by atoms with van der Waals surface area (Å²) in [5.74, 6) is -1.43. The van der Waals surface area contributed by atoms with Crippen LogP contribution in [0.1, 0.15) is 12.0 Å². The van der Waals surface area contributed by atoms with Crippen LogP contribution in [-0.2, 0) is 9.59 Å². The maximum atomic E-state index is 12.2. The number of para-hydroxylation sites is 1. The molecule has 1 aliphatic heterocycles. The Morgan fingerprint density at radius 3 is 2.86 bits per heavy atom. The van der Waals surface area contributed by atoms with Crippen LogP contribution < -0.4 is 0 Å². The van der Waals surface area contributed by atoms with Crippen molar-refractivity contribution in [2.75, 3.05) is 13.1 Å². The van der Waals surface area contributed by atoms with E-state index in [2.05, 4.69) is 4.98 Å². The van der Waals surface area contributed by atoms with Crippen molar-refractivity contribution in [2.24, 2.45) is 5.92 Å². The lowest BCUT2D eigenvalue weighted by molar-refractivity contribution is -0.141. The highest BCUT2D eigenvalue weighted by Gasteiger charge is 2.29. The molecule has 1 aliphatic rings. The van der Waals surface area contributed by atoms with Gasteiger partial charge in [-0.25, -0.2) is 0 Å². The highest BCUT2D eigenvalue weighted by molar-refractivity contribution is 5.96. The molecule has 1 aromatic heterocycles. The molecule has 0 radical (unpaired) electrons. The topological polar surface area (TPSA) is 70.5 Å². The number of fused-ring (bicyclic) bond motifs is 1. The van der Waals surface area contributed by atoms with Gasteiger partial charge in [-0.05, 0) is 30.2 Å². The minimum Gasteiger partial charge on any atom is -0.481 e. The molecule has 1 fully saturated rings. The molecule has 1 aromatic carbocycles. The van der Waals surface area contributed by atoms with Gasteiger partial charge >= 0.3 is 5.97 Å². The summed E-state index contributed by atoms with van der Waals surface area (Å²) in [6, 6.07) is 9.59. The molecule has 0 saturated carbocycles. The Morgan fingerprint density at radius 1 is 1.27 bits per heavy atom. The second-order valence-electron chi connectivity index (χ2n) is 5.36. The molecular formula is C17H16N2O3. The number of aliphatic carboxylic acids is 1. The zero-order chi connectivity index (χ0) is 15.5. The van der Waals surface area contributed by atoms with Gasteiger partial charge in [-0.3, -0.25) is 14.6 Å². The van der Waals surface area contributed by atoms with Crippen LogP contribution in [0.4, 0.5) is 0 Å². The Kier molecular flexibility index (Phi) is 3.87. The maximum absolute atomic E-state index is 12.2. The number of amides is 1. The molecular weight excluding hydrogens is 280 g/mol. The van der Waals surface area contributed by atoms with E-state index >= 15 is 0 Å². The first-order valence-electron chi connectivity index (χ1n) is 7.18. The van der Waals surface area contributed by atoms with Crippen LogP contribution in [0.2, 0.25) is 0 Å². The molecule has 1 unspecified atom stereocenters. The lowest BCUT2D eigenvalue weighted by Crippen LogP contribution is -2.28. The predicted octanol–water partition coefficient (Wildman–Crippen LogP) is 2.18. The molecule has 1 atom stereocenters. The van der Waals surface area contributed by atoms with Gasteiger partial charge in [0.25, 0.3) is 0 Å². The molecule has 22 heavy (non-hydrogen) atoms. The average molecular weight is 296 g/mol. The van der Waals surface area contributed by atoms with Crippen molar-refractivity contribution < 1.29 is 14.7 Å². The van der Waals surface area contributed by atoms with E-state index in [0.717, 1.165) is 16.5 Å². The molecule has 5 nitrogen and oxygen atoms in total. The summed E-state index contributed by atoms with van der Waals surface area (Å²) >= 11 is 0. The zero-order valence-electron chi connectivity index (χ0n) is 12.0. The van der Waals surface area contributed by atoms with Gasteiger partial charge in [-0.2, -0.15) is 0 Å². The van der Waals surface area contributed by atoms with Crippen LogP contribution in [0.3, 0.4) is 0 Å². The molecule has 2 aromatic rings. The van der Waals surface area contributed by atoms with Gasteiger partial charge in [-0.1, -0.05) is 18.2 Å². The average Bonchev–Trinajstić information content (AvgIpc) is 3.03. The number of likely N-dealkylation sites (tertiary alicyclic amines) is 1. The van der Waals surface area contributed by atoms with Gasteiger partial charge in [-0.15, -0.1) is 0 Å². The number of carboxylic acids is 1. The first-order valence-corrected chi connectivity index (χ1v) is 7.18. The number of aromatic nitrogens is 1. The maximum Gasteiger partial charge on any atom is 0.308 e. The van der Waals surface area contributed by atoms with Gasteiger partial charge in [0, 0.05) is 30.7 Å². The van der Waals surface area contributed by atoms with E-state index in [-0.39, 0.29) is 12.5 Å². The predicted molar refractivity (Wildman–Crippen MR) is 83.1 cm³/mol. The van der Waals surface area contributed by atoms with Gasteiger partial charge in [0.15, 0.2) is 0 Å². The van der Waals surface area contributed by atoms with E-state index < -0.39 is 11.9 Å². The Hall–Kier alpha value is -2.69. The summed E-state index contributed by atoms with van der Waals surface area (Å²) < 4.78 is 0. The van der Waals surface area contributed by atoms with E-state index in [9.17, 15) is 9.59 Å². The number of nitrogens with zero attached hydrogens (tertiary/aromatic N) is 2. The van der Waals surface area contributed by atoms with Crippen LogP contribution >= 0.6 is 0 Å². The number of carbonyl (C=O) groups excluding carboxylic acids is 1. The minimum atomic E-state index is -0.834. The van der Waals surface area contributed by atoms with Crippen molar-refractivity contribution in [2.45, 2.75) is 6.42 Å². The van der Waals surface area contributed by atoms with Crippen LogP contribution in [0.15, 0.2) is 42.6 Å². The summed E-state index contributed by atoms with van der Waals surface area (Å²) in [5.41, 5.74) is 1.80. The Labute approximate surface area is 127 Å². The third kappa shape index (κ3) is 2.83. The third-order valence-electron chi connectivity index (χ3n) is 3.94. The first kappa shape index (κ1) is 14.3. The van der Waals surface area contributed by atoms with Gasteiger partial charge in [0.05, 0.1) is 11.4 Å². The molecule has 1 N–H and O–H groups in total. The van der Waals surface area contributed by atoms with Gasteiger partial charge in [0.2, 0.25) is 5.91 Å². The molecule has 0 spiro atoms. The zero-order valence-corrected chi connectivity index (χ0v) is 12.0. The highest BCUT2D eigenvalue weighted by atomic mass is 16.4. The molecule has 112 valence electrons. The quantitative estimate of drug-likeness (QED) is 0.881. The van der Waals surface area contributed by atoms with Crippen LogP contribution in [0.25, 0.3) is 17.0 Å². The minimum absolute atomic E-state index is 0.148. The van der Waals surface area contributed by atoms with E-state index in [1.54, 1.807) is 17.2 Å². The number of hydrogen-bond donors (Lipinski definition) is 1. The fraction of sp³-hybridized carbons (Fsp3) is 0.235. The number of pyridine rings is 1. The van der Waals surface area contributed by atoms with Gasteiger partial charge in [0.1, 0.15) is 0 Å². The molecule has 1 amide bonds. The Balaban J connectivity index is 1.76. The van der Waals surface area contributed by atoms with E-state index in [4.69, 9.17) is 5.11 Å². The van der Waals surface area contributed by atoms with E-state index in [0.29, 0.717) is 13.0 Å². The van der Waals surface area contributed by atoms with E-state index in [1.165, 1.54) is 6.08 Å². The SMILES string of the molecule is O=C(O)C1CCN(C(=O)/C=C/c2ccnc3ccccc23)C1. The lowest BCUT2D eigenvalue weighted by atomic mass is 10.1. The lowest BCUT2D eigenvalue weighted by Gasteiger charge is -2.12. The van der Waals surface area contributed by atoms with Crippen molar-refractivity contribution in [1.29, 1.82) is 0 Å². The van der Waals surface area contributed by atoms with Crippen molar-refractivity contribution in [3.8, 4) is 0 Å². The fourth-order valence-electron chi connectivity index (χ4n) is 2.69. The van der Waals surface area contributed by atoms with Crippen molar-refractivity contribution in [3.05, 3.63) is 48.2 Å². The van der Waals surface area contributed by atoms with Gasteiger partial charge < -0.3 is 10.0 Å². The molecule has 3 rings (SSSR count). The summed E-state index contributed by atoms with van der Waals surface area (Å²) in [6.07, 6.45) is 5.50. The van der Waals surface area contributed by atoms with Crippen molar-refractivity contribution in [3.63, 3.8) is 0 Å². The number of carbonyl (C=O) groups is 2. The van der Waals surface area contributed by atoms with Crippen molar-refractivity contribution >= 4 is 28.9 Å². The second kappa shape index (κ2) is 5.97. The summed E-state index contributed by atoms with van der Waals surface area (Å²) in [5, 5.41) is 9.96. The third-order valence-corrected chi connectivity index (χ3v) is 3.94. The second-order valence-corrected chi connectivity index (χ2v) is 5.36. The fourth-order valence-corrected chi connectivity index (χ4v) is 2.69. The molecule has 2 heterocycles. The Morgan fingerprint density at radius 2 is 2.09 bits per heavy atom. The molecule has 0 bridgehead atoms. The van der Waals surface area contributed by atoms with Crippen LogP contribution in [-0.4, -0.2) is 40.0 Å². The standard InChI is InChI=1S/C17H16N2O3/c20-16(19-10-8-13(11-19)17(21)22)6-5-12-7-9-18-15-4-2-1-3-14(12)15/h1-7,9,13H,8,10-11H2,(H,21,22)/b6-5+. The van der Waals surface area contributed by atoms with Crippen LogP contribution in [0.5, 0.6) is 0 Å². The first-order chi connectivity index (χ1) is 10.6. The summed E-state index contributed by atoms with van der Waals surface area (Å²) in [6.45, 7) is 0.785. The van der Waals surface area contributed by atoms with Crippen LogP contribution in [0, 0.1) is 5.92 Å². The van der Waals surface area contributed by atoms with Crippen molar-refractivity contribution in [1.82, 2.24) is 9.88 Å². The smallest absolute Gasteiger partial charge is 0.308 e. The summed E-state index contributed by atoms with van der Waals surface area (Å²) in [4.78, 5) is 28.9. The normalized spacial score (nSPS) is 18.2. The molecule has 5 heteroatoms. The largest absolute Gasteiger partial charge is 0.481 e.